The lowest BCUT2D eigenvalue weighted by molar-refractivity contribution is 0.102. The van der Waals surface area contributed by atoms with Crippen LogP contribution in [0.4, 0.5) is 14.5 Å². The molecule has 0 radical (unpaired) electrons. The predicted octanol–water partition coefficient (Wildman–Crippen LogP) is 6.34. The van der Waals surface area contributed by atoms with Crippen LogP contribution in [0.2, 0.25) is 10.0 Å². The molecular formula is C21H12Cl2F2N2O3. The summed E-state index contributed by atoms with van der Waals surface area (Å²) in [5.74, 6) is -2.03. The Labute approximate surface area is 179 Å². The summed E-state index contributed by atoms with van der Waals surface area (Å²) < 4.78 is 37.5. The maximum atomic E-state index is 13.6. The fraction of sp³-hybridized carbons (Fsp3) is 0.0476. The van der Waals surface area contributed by atoms with Crippen molar-refractivity contribution in [3.05, 3.63) is 75.8 Å². The number of carbonyl (C=O) groups excluding carboxylic acids is 1. The van der Waals surface area contributed by atoms with Crippen molar-refractivity contribution in [2.75, 3.05) is 12.4 Å². The fourth-order valence-electron chi connectivity index (χ4n) is 2.82. The van der Waals surface area contributed by atoms with Crippen molar-refractivity contribution in [3.63, 3.8) is 0 Å². The highest BCUT2D eigenvalue weighted by Crippen LogP contribution is 2.32. The van der Waals surface area contributed by atoms with Crippen molar-refractivity contribution in [1.82, 2.24) is 4.98 Å². The standard InChI is InChI=1S/C21H12Cl2F2N2O3/c1-29-18-4-2-10(6-14(18)23)20(28)26-11-3-5-19-17(7-11)27-21(30-19)12-8-15(24)16(25)9-13(12)22/h2-9H,1H3,(H,26,28). The molecule has 5 nitrogen and oxygen atoms in total. The zero-order valence-corrected chi connectivity index (χ0v) is 16.8. The van der Waals surface area contributed by atoms with Crippen LogP contribution in [0.1, 0.15) is 10.4 Å². The quantitative estimate of drug-likeness (QED) is 0.370. The van der Waals surface area contributed by atoms with E-state index in [0.717, 1.165) is 12.1 Å². The number of nitrogens with zero attached hydrogens (tertiary/aromatic N) is 1. The van der Waals surface area contributed by atoms with E-state index in [1.165, 1.54) is 13.2 Å². The summed E-state index contributed by atoms with van der Waals surface area (Å²) in [7, 11) is 1.48. The lowest BCUT2D eigenvalue weighted by atomic mass is 10.2. The molecule has 1 aromatic heterocycles. The van der Waals surface area contributed by atoms with E-state index in [4.69, 9.17) is 32.4 Å². The Bertz CT molecular complexity index is 1290. The van der Waals surface area contributed by atoms with Gasteiger partial charge in [0.05, 0.1) is 22.7 Å². The van der Waals surface area contributed by atoms with Crippen molar-refractivity contribution < 1.29 is 22.7 Å². The summed E-state index contributed by atoms with van der Waals surface area (Å²) in [5.41, 5.74) is 1.70. The molecule has 0 unspecified atom stereocenters. The molecule has 1 heterocycles. The molecule has 0 bridgehead atoms. The third kappa shape index (κ3) is 3.81. The molecule has 0 atom stereocenters. The summed E-state index contributed by atoms with van der Waals surface area (Å²) in [6, 6.07) is 11.2. The number of hydrogen-bond acceptors (Lipinski definition) is 4. The second kappa shape index (κ2) is 7.93. The number of hydrogen-bond donors (Lipinski definition) is 1. The van der Waals surface area contributed by atoms with E-state index < -0.39 is 11.6 Å². The first-order valence-electron chi connectivity index (χ1n) is 8.56. The SMILES string of the molecule is COc1ccc(C(=O)Nc2ccc3oc(-c4cc(F)c(F)cc4Cl)nc3c2)cc1Cl. The molecule has 0 spiro atoms. The molecule has 0 aliphatic carbocycles. The summed E-state index contributed by atoms with van der Waals surface area (Å²) in [4.78, 5) is 16.8. The molecule has 0 fully saturated rings. The van der Waals surface area contributed by atoms with Gasteiger partial charge in [0.25, 0.3) is 5.91 Å². The van der Waals surface area contributed by atoms with E-state index in [-0.39, 0.29) is 22.4 Å². The highest BCUT2D eigenvalue weighted by atomic mass is 35.5. The number of nitrogens with one attached hydrogen (secondary N) is 1. The molecular weight excluding hydrogens is 437 g/mol. The normalized spacial score (nSPS) is 11.0. The lowest BCUT2D eigenvalue weighted by Crippen LogP contribution is -2.11. The monoisotopic (exact) mass is 448 g/mol. The number of oxazole rings is 1. The molecule has 0 aliphatic rings. The first-order valence-corrected chi connectivity index (χ1v) is 9.31. The van der Waals surface area contributed by atoms with Gasteiger partial charge in [0, 0.05) is 11.3 Å². The minimum Gasteiger partial charge on any atom is -0.495 e. The Hall–Kier alpha value is -3.16. The Kier molecular flexibility index (Phi) is 5.32. The van der Waals surface area contributed by atoms with Crippen LogP contribution < -0.4 is 10.1 Å². The second-order valence-corrected chi connectivity index (χ2v) is 7.07. The molecule has 9 heteroatoms. The number of methoxy groups -OCH3 is 1. The van der Waals surface area contributed by atoms with Gasteiger partial charge < -0.3 is 14.5 Å². The maximum Gasteiger partial charge on any atom is 0.255 e. The van der Waals surface area contributed by atoms with Crippen LogP contribution >= 0.6 is 23.2 Å². The molecule has 0 saturated heterocycles. The van der Waals surface area contributed by atoms with E-state index in [0.29, 0.717) is 33.1 Å². The van der Waals surface area contributed by atoms with Gasteiger partial charge in [0.2, 0.25) is 5.89 Å². The number of halogens is 4. The zero-order chi connectivity index (χ0) is 21.4. The summed E-state index contributed by atoms with van der Waals surface area (Å²) in [6.45, 7) is 0. The Morgan fingerprint density at radius 3 is 2.53 bits per heavy atom. The van der Waals surface area contributed by atoms with Crippen LogP contribution in [-0.2, 0) is 0 Å². The minimum atomic E-state index is -1.07. The van der Waals surface area contributed by atoms with Crippen LogP contribution in [-0.4, -0.2) is 18.0 Å². The smallest absolute Gasteiger partial charge is 0.255 e. The van der Waals surface area contributed by atoms with E-state index in [1.54, 1.807) is 30.3 Å². The van der Waals surface area contributed by atoms with Crippen LogP contribution in [0, 0.1) is 11.6 Å². The van der Waals surface area contributed by atoms with Crippen LogP contribution in [0.15, 0.2) is 52.9 Å². The van der Waals surface area contributed by atoms with Crippen LogP contribution in [0.5, 0.6) is 5.75 Å². The Morgan fingerprint density at radius 2 is 1.80 bits per heavy atom. The van der Waals surface area contributed by atoms with Crippen LogP contribution in [0.25, 0.3) is 22.6 Å². The molecule has 152 valence electrons. The number of aromatic nitrogens is 1. The topological polar surface area (TPSA) is 64.4 Å². The largest absolute Gasteiger partial charge is 0.495 e. The number of amides is 1. The van der Waals surface area contributed by atoms with Gasteiger partial charge in [-0.25, -0.2) is 13.8 Å². The van der Waals surface area contributed by atoms with Gasteiger partial charge in [-0.05, 0) is 48.5 Å². The second-order valence-electron chi connectivity index (χ2n) is 6.25. The molecule has 1 amide bonds. The van der Waals surface area contributed by atoms with Crippen molar-refractivity contribution in [1.29, 1.82) is 0 Å². The molecule has 4 aromatic rings. The fourth-order valence-corrected chi connectivity index (χ4v) is 3.31. The average Bonchev–Trinajstić information content (AvgIpc) is 3.13. The molecule has 4 rings (SSSR count). The van der Waals surface area contributed by atoms with Gasteiger partial charge in [0.1, 0.15) is 11.3 Å². The molecule has 1 N–H and O–H groups in total. The summed E-state index contributed by atoms with van der Waals surface area (Å²) in [6.07, 6.45) is 0. The average molecular weight is 449 g/mol. The van der Waals surface area contributed by atoms with Crippen molar-refractivity contribution in [2.45, 2.75) is 0 Å². The first-order chi connectivity index (χ1) is 14.4. The number of anilines is 1. The van der Waals surface area contributed by atoms with E-state index in [1.807, 2.05) is 0 Å². The van der Waals surface area contributed by atoms with E-state index in [9.17, 15) is 13.6 Å². The van der Waals surface area contributed by atoms with Gasteiger partial charge in [-0.3, -0.25) is 4.79 Å². The van der Waals surface area contributed by atoms with E-state index in [2.05, 4.69) is 10.3 Å². The number of benzene rings is 3. The third-order valence-electron chi connectivity index (χ3n) is 4.30. The first kappa shape index (κ1) is 20.1. The number of rotatable bonds is 4. The van der Waals surface area contributed by atoms with Gasteiger partial charge in [-0.1, -0.05) is 23.2 Å². The molecule has 0 aliphatic heterocycles. The van der Waals surface area contributed by atoms with Gasteiger partial charge in [-0.15, -0.1) is 0 Å². The Balaban J connectivity index is 1.62. The molecule has 3 aromatic carbocycles. The van der Waals surface area contributed by atoms with Gasteiger partial charge >= 0.3 is 0 Å². The van der Waals surface area contributed by atoms with Crippen molar-refractivity contribution in [3.8, 4) is 17.2 Å². The summed E-state index contributed by atoms with van der Waals surface area (Å²) in [5, 5.41) is 3.01. The highest BCUT2D eigenvalue weighted by molar-refractivity contribution is 6.33. The number of carbonyl (C=O) groups is 1. The lowest BCUT2D eigenvalue weighted by Gasteiger charge is -2.07. The zero-order valence-electron chi connectivity index (χ0n) is 15.3. The van der Waals surface area contributed by atoms with Crippen molar-refractivity contribution in [2.24, 2.45) is 0 Å². The Morgan fingerprint density at radius 1 is 1.03 bits per heavy atom. The third-order valence-corrected chi connectivity index (χ3v) is 4.91. The van der Waals surface area contributed by atoms with Crippen LogP contribution in [0.3, 0.4) is 0 Å². The highest BCUT2D eigenvalue weighted by Gasteiger charge is 2.16. The number of fused-ring (bicyclic) bond motifs is 1. The molecule has 0 saturated carbocycles. The van der Waals surface area contributed by atoms with Gasteiger partial charge in [0.15, 0.2) is 17.2 Å². The minimum absolute atomic E-state index is 0.0271. The number of ether oxygens (including phenoxy) is 1. The van der Waals surface area contributed by atoms with E-state index >= 15 is 0 Å². The maximum absolute atomic E-state index is 13.6. The summed E-state index contributed by atoms with van der Waals surface area (Å²) >= 11 is 12.0. The van der Waals surface area contributed by atoms with Crippen molar-refractivity contribution >= 4 is 45.9 Å². The van der Waals surface area contributed by atoms with Gasteiger partial charge in [-0.2, -0.15) is 0 Å². The molecule has 30 heavy (non-hydrogen) atoms. The predicted molar refractivity (Wildman–Crippen MR) is 110 cm³/mol.